The maximum atomic E-state index is 12.1. The fourth-order valence-electron chi connectivity index (χ4n) is 2.15. The second-order valence-corrected chi connectivity index (χ2v) is 5.79. The Morgan fingerprint density at radius 3 is 2.69 bits per heavy atom. The van der Waals surface area contributed by atoms with Crippen LogP contribution in [0.15, 0.2) is 0 Å². The van der Waals surface area contributed by atoms with Gasteiger partial charge in [0, 0.05) is 24.5 Å². The molecule has 0 aromatic rings. The normalized spacial score (nSPS) is 22.2. The Morgan fingerprint density at radius 2 is 2.12 bits per heavy atom. The van der Waals surface area contributed by atoms with E-state index in [1.54, 1.807) is 0 Å². The molecule has 1 unspecified atom stereocenters. The van der Waals surface area contributed by atoms with Crippen LogP contribution in [0.3, 0.4) is 0 Å². The molecule has 16 heavy (non-hydrogen) atoms. The molecule has 1 N–H and O–H groups in total. The minimum absolute atomic E-state index is 0.243. The summed E-state index contributed by atoms with van der Waals surface area (Å²) in [7, 11) is 0. The molecule has 94 valence electrons. The Kier molecular flexibility index (Phi) is 4.78. The third-order valence-electron chi connectivity index (χ3n) is 3.03. The highest BCUT2D eigenvalue weighted by Crippen LogP contribution is 2.20. The average Bonchev–Trinajstić information content (AvgIpc) is 2.24. The number of carbonyl (C=O) groups excluding carboxylic acids is 1. The molecule has 0 aromatic heterocycles. The highest BCUT2D eigenvalue weighted by molar-refractivity contribution is 5.81. The van der Waals surface area contributed by atoms with Crippen molar-refractivity contribution in [1.29, 1.82) is 0 Å². The smallest absolute Gasteiger partial charge is 0.227 e. The zero-order valence-corrected chi connectivity index (χ0v) is 11.2. The van der Waals surface area contributed by atoms with Crippen LogP contribution in [0.5, 0.6) is 0 Å². The summed E-state index contributed by atoms with van der Waals surface area (Å²) in [6, 6.07) is 0.500. The van der Waals surface area contributed by atoms with E-state index in [2.05, 4.69) is 12.2 Å². The van der Waals surface area contributed by atoms with Crippen molar-refractivity contribution in [1.82, 2.24) is 10.2 Å². The minimum atomic E-state index is -0.243. The molecule has 3 nitrogen and oxygen atoms in total. The Labute approximate surface area is 99.6 Å². The summed E-state index contributed by atoms with van der Waals surface area (Å²) in [6.45, 7) is 11.0. The monoisotopic (exact) mass is 226 g/mol. The van der Waals surface area contributed by atoms with Crippen LogP contribution in [0.4, 0.5) is 0 Å². The molecule has 1 fully saturated rings. The molecule has 0 aliphatic carbocycles. The van der Waals surface area contributed by atoms with E-state index in [1.165, 1.54) is 6.42 Å². The largest absolute Gasteiger partial charge is 0.341 e. The summed E-state index contributed by atoms with van der Waals surface area (Å²) in [5.41, 5.74) is -0.243. The van der Waals surface area contributed by atoms with Gasteiger partial charge in [-0.15, -0.1) is 0 Å². The van der Waals surface area contributed by atoms with Crippen LogP contribution in [-0.4, -0.2) is 36.5 Å². The number of likely N-dealkylation sites (tertiary alicyclic amines) is 1. The number of nitrogens with one attached hydrogen (secondary N) is 1. The Bertz CT molecular complexity index is 233. The maximum absolute atomic E-state index is 12.1. The first-order chi connectivity index (χ1) is 7.45. The van der Waals surface area contributed by atoms with Crippen LogP contribution in [0, 0.1) is 5.41 Å². The molecule has 0 bridgehead atoms. The van der Waals surface area contributed by atoms with Crippen LogP contribution in [0.2, 0.25) is 0 Å². The van der Waals surface area contributed by atoms with Gasteiger partial charge in [0.05, 0.1) is 0 Å². The van der Waals surface area contributed by atoms with Gasteiger partial charge in [-0.25, -0.2) is 0 Å². The number of nitrogens with zero attached hydrogens (tertiary/aromatic N) is 1. The molecule has 1 atom stereocenters. The van der Waals surface area contributed by atoms with E-state index in [0.717, 1.165) is 32.5 Å². The van der Waals surface area contributed by atoms with E-state index < -0.39 is 0 Å². The zero-order valence-electron chi connectivity index (χ0n) is 11.2. The summed E-state index contributed by atoms with van der Waals surface area (Å²) in [5.74, 6) is 0.287. The van der Waals surface area contributed by atoms with Crippen LogP contribution in [0.1, 0.15) is 47.0 Å². The van der Waals surface area contributed by atoms with Gasteiger partial charge < -0.3 is 10.2 Å². The van der Waals surface area contributed by atoms with Crippen molar-refractivity contribution in [2.45, 2.75) is 53.0 Å². The molecule has 0 saturated carbocycles. The molecule has 0 aromatic carbocycles. The second-order valence-electron chi connectivity index (χ2n) is 5.79. The van der Waals surface area contributed by atoms with Crippen molar-refractivity contribution in [3.05, 3.63) is 0 Å². The molecule has 1 saturated heterocycles. The second kappa shape index (κ2) is 5.67. The molecule has 0 radical (unpaired) electrons. The van der Waals surface area contributed by atoms with Crippen molar-refractivity contribution >= 4 is 5.91 Å². The van der Waals surface area contributed by atoms with Crippen molar-refractivity contribution in [3.8, 4) is 0 Å². The number of piperidine rings is 1. The van der Waals surface area contributed by atoms with E-state index in [1.807, 2.05) is 25.7 Å². The summed E-state index contributed by atoms with van der Waals surface area (Å²) in [4.78, 5) is 14.2. The Morgan fingerprint density at radius 1 is 1.44 bits per heavy atom. The van der Waals surface area contributed by atoms with E-state index in [0.29, 0.717) is 6.04 Å². The lowest BCUT2D eigenvalue weighted by atomic mass is 9.93. The molecule has 1 heterocycles. The maximum Gasteiger partial charge on any atom is 0.227 e. The number of carbonyl (C=O) groups is 1. The van der Waals surface area contributed by atoms with Gasteiger partial charge in [-0.3, -0.25) is 4.79 Å². The highest BCUT2D eigenvalue weighted by Gasteiger charge is 2.30. The highest BCUT2D eigenvalue weighted by atomic mass is 16.2. The van der Waals surface area contributed by atoms with Crippen molar-refractivity contribution in [2.24, 2.45) is 5.41 Å². The standard InChI is InChI=1S/C13H26N2O/c1-5-8-14-11-7-6-9-15(10-11)12(16)13(2,3)4/h11,14H,5-10H2,1-4H3. The molecule has 1 aliphatic heterocycles. The third kappa shape index (κ3) is 3.78. The molecule has 1 rings (SSSR count). The van der Waals surface area contributed by atoms with Gasteiger partial charge in [0.15, 0.2) is 0 Å². The van der Waals surface area contributed by atoms with Gasteiger partial charge in [0.25, 0.3) is 0 Å². The van der Waals surface area contributed by atoms with Gasteiger partial charge in [0.1, 0.15) is 0 Å². The topological polar surface area (TPSA) is 32.3 Å². The van der Waals surface area contributed by atoms with Gasteiger partial charge in [-0.05, 0) is 25.8 Å². The minimum Gasteiger partial charge on any atom is -0.341 e. The third-order valence-corrected chi connectivity index (χ3v) is 3.03. The lowest BCUT2D eigenvalue weighted by molar-refractivity contribution is -0.140. The molecule has 0 spiro atoms. The molecular formula is C13H26N2O. The van der Waals surface area contributed by atoms with Crippen LogP contribution in [-0.2, 0) is 4.79 Å². The van der Waals surface area contributed by atoms with E-state index in [-0.39, 0.29) is 11.3 Å². The molecule has 1 aliphatic rings. The van der Waals surface area contributed by atoms with E-state index >= 15 is 0 Å². The van der Waals surface area contributed by atoms with Gasteiger partial charge in [0.2, 0.25) is 5.91 Å². The van der Waals surface area contributed by atoms with Gasteiger partial charge in [-0.2, -0.15) is 0 Å². The van der Waals surface area contributed by atoms with Crippen LogP contribution >= 0.6 is 0 Å². The van der Waals surface area contributed by atoms with Crippen molar-refractivity contribution in [2.75, 3.05) is 19.6 Å². The summed E-state index contributed by atoms with van der Waals surface area (Å²) in [5, 5.41) is 3.51. The van der Waals surface area contributed by atoms with Crippen molar-refractivity contribution in [3.63, 3.8) is 0 Å². The first-order valence-corrected chi connectivity index (χ1v) is 6.48. The molecule has 1 amide bonds. The van der Waals surface area contributed by atoms with Gasteiger partial charge >= 0.3 is 0 Å². The predicted octanol–water partition coefficient (Wildman–Crippen LogP) is 2.02. The lowest BCUT2D eigenvalue weighted by Crippen LogP contribution is -2.51. The quantitative estimate of drug-likeness (QED) is 0.798. The zero-order chi connectivity index (χ0) is 12.2. The van der Waals surface area contributed by atoms with Gasteiger partial charge in [-0.1, -0.05) is 27.7 Å². The van der Waals surface area contributed by atoms with Crippen LogP contribution in [0.25, 0.3) is 0 Å². The molecular weight excluding hydrogens is 200 g/mol. The predicted molar refractivity (Wildman–Crippen MR) is 67.4 cm³/mol. The lowest BCUT2D eigenvalue weighted by Gasteiger charge is -2.36. The first-order valence-electron chi connectivity index (χ1n) is 6.48. The first kappa shape index (κ1) is 13.5. The van der Waals surface area contributed by atoms with Crippen molar-refractivity contribution < 1.29 is 4.79 Å². The Hall–Kier alpha value is -0.570. The molecule has 3 heteroatoms. The fourth-order valence-corrected chi connectivity index (χ4v) is 2.15. The number of hydrogen-bond donors (Lipinski definition) is 1. The summed E-state index contributed by atoms with van der Waals surface area (Å²) < 4.78 is 0. The van der Waals surface area contributed by atoms with E-state index in [4.69, 9.17) is 0 Å². The van der Waals surface area contributed by atoms with E-state index in [9.17, 15) is 4.79 Å². The fraction of sp³-hybridized carbons (Fsp3) is 0.923. The number of hydrogen-bond acceptors (Lipinski definition) is 2. The summed E-state index contributed by atoms with van der Waals surface area (Å²) >= 11 is 0. The SMILES string of the molecule is CCCNC1CCCN(C(=O)C(C)(C)C)C1. The number of amides is 1. The van der Waals surface area contributed by atoms with Crippen LogP contribution < -0.4 is 5.32 Å². The number of rotatable bonds is 3. The average molecular weight is 226 g/mol. The Balaban J connectivity index is 2.47. The summed E-state index contributed by atoms with van der Waals surface area (Å²) in [6.07, 6.45) is 3.49.